The molecule has 42 heavy (non-hydrogen) atoms. The summed E-state index contributed by atoms with van der Waals surface area (Å²) in [4.78, 5) is 42.5. The molecule has 0 aliphatic carbocycles. The third-order valence-electron chi connectivity index (χ3n) is 7.66. The van der Waals surface area contributed by atoms with Gasteiger partial charge in [-0.1, -0.05) is 12.1 Å². The van der Waals surface area contributed by atoms with Crippen molar-refractivity contribution in [1.82, 2.24) is 14.9 Å². The minimum absolute atomic E-state index is 0.0485. The Balaban J connectivity index is 1.24. The molecule has 1 spiro atoms. The fraction of sp³-hybridized carbons (Fsp3) is 0.407. The van der Waals surface area contributed by atoms with Gasteiger partial charge < -0.3 is 15.4 Å². The predicted octanol–water partition coefficient (Wildman–Crippen LogP) is 2.54. The van der Waals surface area contributed by atoms with Crippen LogP contribution in [0.25, 0.3) is 0 Å². The van der Waals surface area contributed by atoms with Crippen LogP contribution in [0.1, 0.15) is 35.1 Å². The maximum Gasteiger partial charge on any atom is 0.573 e. The molecule has 0 bridgehead atoms. The lowest BCUT2D eigenvalue weighted by atomic mass is 9.89. The number of aryl methyl sites for hydroxylation is 2. The number of alkyl halides is 3. The number of aliphatic imine (C=N–C) groups is 1. The summed E-state index contributed by atoms with van der Waals surface area (Å²) in [6.07, 6.45) is -4.44. The summed E-state index contributed by atoms with van der Waals surface area (Å²) < 4.78 is 69.6. The number of imide groups is 1. The van der Waals surface area contributed by atoms with E-state index < -0.39 is 39.6 Å². The van der Waals surface area contributed by atoms with Crippen LogP contribution in [0.4, 0.5) is 23.7 Å². The molecule has 11 nitrogen and oxygen atoms in total. The molecule has 0 unspecified atom stereocenters. The van der Waals surface area contributed by atoms with E-state index in [4.69, 9.17) is 0 Å². The smallest absolute Gasteiger partial charge is 0.406 e. The molecular formula is C27H28F3N5O6S. The van der Waals surface area contributed by atoms with Crippen LogP contribution in [-0.4, -0.2) is 73.7 Å². The molecule has 15 heteroatoms. The standard InChI is InChI=1S/C27H28F3N5O6S/c1-16-12-19(35-22(36)15-31-25(35)38)13-17(2)21(16)6-11-42(39,40)34-9-7-26(8-10-34)24(37)32-23(33-26)18-4-3-5-20(14-18)41-27(28,29)30/h3-5,12-14H,6-11,15H2,1-2H3,(H,31,38)(H,32,33,37). The minimum Gasteiger partial charge on any atom is -0.406 e. The van der Waals surface area contributed by atoms with E-state index in [9.17, 15) is 36.0 Å². The lowest BCUT2D eigenvalue weighted by Crippen LogP contribution is -2.50. The van der Waals surface area contributed by atoms with E-state index in [0.717, 1.165) is 33.7 Å². The van der Waals surface area contributed by atoms with Crippen LogP contribution in [0.2, 0.25) is 0 Å². The molecule has 4 amide bonds. The van der Waals surface area contributed by atoms with Gasteiger partial charge in [0.1, 0.15) is 17.1 Å². The maximum absolute atomic E-state index is 13.2. The number of urea groups is 1. The quantitative estimate of drug-likeness (QED) is 0.465. The van der Waals surface area contributed by atoms with Gasteiger partial charge >= 0.3 is 12.4 Å². The maximum atomic E-state index is 13.2. The Bertz CT molecular complexity index is 1560. The zero-order valence-electron chi connectivity index (χ0n) is 22.7. The first kappa shape index (κ1) is 29.5. The molecule has 224 valence electrons. The number of nitrogens with zero attached hydrogens (tertiary/aromatic N) is 3. The molecule has 2 aromatic rings. The molecule has 2 fully saturated rings. The summed E-state index contributed by atoms with van der Waals surface area (Å²) in [5, 5.41) is 5.09. The van der Waals surface area contributed by atoms with Crippen molar-refractivity contribution in [3.63, 3.8) is 0 Å². The van der Waals surface area contributed by atoms with Crippen molar-refractivity contribution in [2.24, 2.45) is 4.99 Å². The van der Waals surface area contributed by atoms with Crippen LogP contribution < -0.4 is 20.3 Å². The number of benzene rings is 2. The lowest BCUT2D eigenvalue weighted by molar-refractivity contribution is -0.274. The second-order valence-electron chi connectivity index (χ2n) is 10.4. The summed E-state index contributed by atoms with van der Waals surface area (Å²) >= 11 is 0. The number of halogens is 3. The summed E-state index contributed by atoms with van der Waals surface area (Å²) in [5.41, 5.74) is 1.74. The average molecular weight is 608 g/mol. The van der Waals surface area contributed by atoms with Crippen LogP contribution in [0.3, 0.4) is 0 Å². The second kappa shape index (κ2) is 10.7. The number of amides is 4. The molecule has 0 atom stereocenters. The van der Waals surface area contributed by atoms with E-state index in [2.05, 4.69) is 20.4 Å². The number of carbonyl (C=O) groups excluding carboxylic acids is 3. The van der Waals surface area contributed by atoms with Gasteiger partial charge in [-0.3, -0.25) is 14.6 Å². The number of sulfonamides is 1. The molecule has 2 aromatic carbocycles. The molecule has 3 aliphatic rings. The molecule has 2 N–H and O–H groups in total. The Kier molecular flexibility index (Phi) is 7.51. The molecule has 5 rings (SSSR count). The van der Waals surface area contributed by atoms with Gasteiger partial charge in [0, 0.05) is 18.7 Å². The summed E-state index contributed by atoms with van der Waals surface area (Å²) in [7, 11) is -3.71. The Hall–Kier alpha value is -3.98. The van der Waals surface area contributed by atoms with Crippen molar-refractivity contribution in [2.45, 2.75) is 45.0 Å². The average Bonchev–Trinajstić information content (AvgIpc) is 3.40. The van der Waals surface area contributed by atoms with Crippen molar-refractivity contribution in [1.29, 1.82) is 0 Å². The predicted molar refractivity (Wildman–Crippen MR) is 146 cm³/mol. The molecule has 0 saturated carbocycles. The van der Waals surface area contributed by atoms with Crippen LogP contribution >= 0.6 is 0 Å². The third-order valence-corrected chi connectivity index (χ3v) is 9.53. The van der Waals surface area contributed by atoms with E-state index in [1.54, 1.807) is 26.0 Å². The fourth-order valence-electron chi connectivity index (χ4n) is 5.50. The van der Waals surface area contributed by atoms with Crippen molar-refractivity contribution >= 4 is 39.4 Å². The zero-order chi connectivity index (χ0) is 30.4. The van der Waals surface area contributed by atoms with Crippen molar-refractivity contribution in [2.75, 3.05) is 30.3 Å². The van der Waals surface area contributed by atoms with E-state index in [1.165, 1.54) is 16.4 Å². The van der Waals surface area contributed by atoms with Gasteiger partial charge in [-0.2, -0.15) is 0 Å². The van der Waals surface area contributed by atoms with Crippen molar-refractivity contribution in [3.8, 4) is 5.75 Å². The number of rotatable bonds is 7. The van der Waals surface area contributed by atoms with E-state index in [0.29, 0.717) is 5.69 Å². The number of carbonyl (C=O) groups is 3. The van der Waals surface area contributed by atoms with Gasteiger partial charge in [-0.25, -0.2) is 22.4 Å². The number of anilines is 1. The highest BCUT2D eigenvalue weighted by molar-refractivity contribution is 7.89. The Labute approximate surface area is 239 Å². The monoisotopic (exact) mass is 607 g/mol. The fourth-order valence-corrected chi connectivity index (χ4v) is 6.96. The van der Waals surface area contributed by atoms with Gasteiger partial charge in [-0.15, -0.1) is 13.2 Å². The van der Waals surface area contributed by atoms with E-state index in [-0.39, 0.29) is 62.0 Å². The van der Waals surface area contributed by atoms with Crippen molar-refractivity contribution in [3.05, 3.63) is 58.7 Å². The zero-order valence-corrected chi connectivity index (χ0v) is 23.6. The van der Waals surface area contributed by atoms with Gasteiger partial charge in [0.05, 0.1) is 18.0 Å². The van der Waals surface area contributed by atoms with Gasteiger partial charge in [0.2, 0.25) is 10.0 Å². The van der Waals surface area contributed by atoms with Crippen LogP contribution in [-0.2, 0) is 26.0 Å². The highest BCUT2D eigenvalue weighted by Crippen LogP contribution is 2.33. The molecule has 3 aliphatic heterocycles. The Morgan fingerprint density at radius 2 is 1.71 bits per heavy atom. The number of ether oxygens (including phenoxy) is 1. The first-order valence-electron chi connectivity index (χ1n) is 13.1. The highest BCUT2D eigenvalue weighted by atomic mass is 32.2. The first-order chi connectivity index (χ1) is 19.7. The topological polar surface area (TPSA) is 137 Å². The van der Waals surface area contributed by atoms with Gasteiger partial charge in [-0.05, 0) is 74.1 Å². The highest BCUT2D eigenvalue weighted by Gasteiger charge is 2.47. The number of amidine groups is 1. The summed E-state index contributed by atoms with van der Waals surface area (Å²) in [6.45, 7) is 3.60. The largest absolute Gasteiger partial charge is 0.573 e. The number of nitrogens with one attached hydrogen (secondary N) is 2. The summed E-state index contributed by atoms with van der Waals surface area (Å²) in [5.74, 6) is -1.33. The normalized spacial score (nSPS) is 19.2. The number of piperidine rings is 1. The van der Waals surface area contributed by atoms with Gasteiger partial charge in [0.15, 0.2) is 0 Å². The van der Waals surface area contributed by atoms with E-state index in [1.807, 2.05) is 0 Å². The molecule has 2 saturated heterocycles. The summed E-state index contributed by atoms with van der Waals surface area (Å²) in [6, 6.07) is 7.97. The van der Waals surface area contributed by atoms with Crippen molar-refractivity contribution < 1.29 is 40.7 Å². The molecular weight excluding hydrogens is 579 g/mol. The van der Waals surface area contributed by atoms with Crippen LogP contribution in [0.15, 0.2) is 41.4 Å². The van der Waals surface area contributed by atoms with Crippen LogP contribution in [0, 0.1) is 13.8 Å². The SMILES string of the molecule is Cc1cc(N2C(=O)CNC2=O)cc(C)c1CCS(=O)(=O)N1CCC2(CC1)N=C(c1cccc(OC(F)(F)F)c1)NC2=O. The lowest BCUT2D eigenvalue weighted by Gasteiger charge is -2.34. The van der Waals surface area contributed by atoms with Gasteiger partial charge in [0.25, 0.3) is 11.8 Å². The van der Waals surface area contributed by atoms with Crippen LogP contribution in [0.5, 0.6) is 5.75 Å². The Morgan fingerprint density at radius 1 is 1.05 bits per heavy atom. The first-order valence-corrected chi connectivity index (χ1v) is 14.7. The molecule has 0 radical (unpaired) electrons. The van der Waals surface area contributed by atoms with E-state index >= 15 is 0 Å². The second-order valence-corrected chi connectivity index (χ2v) is 12.5. The Morgan fingerprint density at radius 3 is 2.31 bits per heavy atom. The molecule has 3 heterocycles. The number of hydrogen-bond acceptors (Lipinski definition) is 7. The minimum atomic E-state index is -4.87. The number of hydrogen-bond donors (Lipinski definition) is 2. The third kappa shape index (κ3) is 5.83. The molecule has 0 aromatic heterocycles.